The number of hydrogen-bond donors (Lipinski definition) is 3. The lowest BCUT2D eigenvalue weighted by Crippen LogP contribution is -2.31. The Hall–Kier alpha value is -1.61. The summed E-state index contributed by atoms with van der Waals surface area (Å²) in [6, 6.07) is 3.85. The zero-order valence-corrected chi connectivity index (χ0v) is 13.6. The number of amides is 2. The Morgan fingerprint density at radius 1 is 1.33 bits per heavy atom. The predicted octanol–water partition coefficient (Wildman–Crippen LogP) is 1.70. The molecule has 3 N–H and O–H groups in total. The molecule has 0 atom stereocenters. The second-order valence-electron chi connectivity index (χ2n) is 4.36. The van der Waals surface area contributed by atoms with Gasteiger partial charge in [0.15, 0.2) is 0 Å². The number of anilines is 1. The van der Waals surface area contributed by atoms with E-state index in [0.717, 1.165) is 6.26 Å². The van der Waals surface area contributed by atoms with E-state index >= 15 is 0 Å². The maximum atomic E-state index is 11.6. The van der Waals surface area contributed by atoms with Gasteiger partial charge in [-0.05, 0) is 24.6 Å². The third kappa shape index (κ3) is 6.58. The first kappa shape index (κ1) is 17.4. The van der Waals surface area contributed by atoms with Crippen molar-refractivity contribution < 1.29 is 23.1 Å². The monoisotopic (exact) mass is 378 g/mol. The van der Waals surface area contributed by atoms with Crippen molar-refractivity contribution in [2.75, 3.05) is 23.9 Å². The van der Waals surface area contributed by atoms with Crippen molar-refractivity contribution >= 4 is 43.5 Å². The van der Waals surface area contributed by atoms with E-state index in [4.69, 9.17) is 5.11 Å². The topological polar surface area (TPSA) is 113 Å². The number of carboxylic acids is 1. The summed E-state index contributed by atoms with van der Waals surface area (Å²) < 4.78 is 22.4. The number of carbonyl (C=O) groups excluding carboxylic acids is 1. The average molecular weight is 379 g/mol. The third-order valence-corrected chi connectivity index (χ3v) is 3.96. The maximum absolute atomic E-state index is 11.6. The summed E-state index contributed by atoms with van der Waals surface area (Å²) in [6.07, 6.45) is 1.41. The van der Waals surface area contributed by atoms with Gasteiger partial charge in [0.2, 0.25) is 0 Å². The minimum absolute atomic E-state index is 0.0219. The number of carboxylic acid groups (broad SMARTS) is 1. The van der Waals surface area contributed by atoms with Crippen molar-refractivity contribution in [1.29, 1.82) is 0 Å². The van der Waals surface area contributed by atoms with Crippen molar-refractivity contribution in [3.8, 4) is 0 Å². The van der Waals surface area contributed by atoms with Gasteiger partial charge < -0.3 is 15.7 Å². The molecule has 21 heavy (non-hydrogen) atoms. The van der Waals surface area contributed by atoms with Crippen LogP contribution in [0.1, 0.15) is 16.8 Å². The van der Waals surface area contributed by atoms with Crippen LogP contribution >= 0.6 is 15.9 Å². The lowest BCUT2D eigenvalue weighted by atomic mass is 10.2. The highest BCUT2D eigenvalue weighted by Crippen LogP contribution is 2.21. The van der Waals surface area contributed by atoms with E-state index in [1.807, 2.05) is 0 Å². The van der Waals surface area contributed by atoms with Crippen LogP contribution in [0.5, 0.6) is 0 Å². The minimum Gasteiger partial charge on any atom is -0.478 e. The second kappa shape index (κ2) is 7.41. The summed E-state index contributed by atoms with van der Waals surface area (Å²) in [6.45, 7) is 0.178. The molecule has 9 heteroatoms. The van der Waals surface area contributed by atoms with Crippen LogP contribution in [-0.2, 0) is 9.84 Å². The van der Waals surface area contributed by atoms with Crippen LogP contribution in [0, 0.1) is 0 Å². The summed E-state index contributed by atoms with van der Waals surface area (Å²) >= 11 is 3.15. The number of hydrogen-bond acceptors (Lipinski definition) is 4. The first-order valence-corrected chi connectivity index (χ1v) is 8.80. The molecule has 0 saturated heterocycles. The van der Waals surface area contributed by atoms with Gasteiger partial charge in [-0.25, -0.2) is 18.0 Å². The molecule has 116 valence electrons. The van der Waals surface area contributed by atoms with E-state index in [1.165, 1.54) is 12.1 Å². The Balaban J connectivity index is 2.57. The van der Waals surface area contributed by atoms with Crippen LogP contribution in [0.4, 0.5) is 10.5 Å². The molecule has 0 aliphatic heterocycles. The largest absolute Gasteiger partial charge is 0.478 e. The number of aromatic carboxylic acids is 1. The van der Waals surface area contributed by atoms with E-state index in [1.54, 1.807) is 6.07 Å². The fourth-order valence-corrected chi connectivity index (χ4v) is 2.54. The molecule has 7 nitrogen and oxygen atoms in total. The van der Waals surface area contributed by atoms with E-state index in [2.05, 4.69) is 26.6 Å². The molecule has 0 aliphatic rings. The number of halogens is 1. The van der Waals surface area contributed by atoms with Gasteiger partial charge >= 0.3 is 12.0 Å². The number of sulfone groups is 1. The molecular formula is C12H15BrN2O5S. The molecular weight excluding hydrogens is 364 g/mol. The van der Waals surface area contributed by atoms with Crippen LogP contribution < -0.4 is 10.6 Å². The Morgan fingerprint density at radius 2 is 2.00 bits per heavy atom. The number of benzene rings is 1. The zero-order valence-electron chi connectivity index (χ0n) is 11.2. The van der Waals surface area contributed by atoms with Crippen LogP contribution in [0.25, 0.3) is 0 Å². The molecule has 0 heterocycles. The quantitative estimate of drug-likeness (QED) is 0.652. The number of carbonyl (C=O) groups is 2. The maximum Gasteiger partial charge on any atom is 0.337 e. The van der Waals surface area contributed by atoms with Crippen molar-refractivity contribution in [1.82, 2.24) is 5.32 Å². The molecule has 0 saturated carbocycles. The summed E-state index contributed by atoms with van der Waals surface area (Å²) in [5, 5.41) is 13.9. The highest BCUT2D eigenvalue weighted by Gasteiger charge is 2.12. The molecule has 0 spiro atoms. The summed E-state index contributed by atoms with van der Waals surface area (Å²) in [4.78, 5) is 22.7. The lowest BCUT2D eigenvalue weighted by Gasteiger charge is -2.10. The highest BCUT2D eigenvalue weighted by atomic mass is 79.9. The molecule has 0 fully saturated rings. The van der Waals surface area contributed by atoms with Crippen LogP contribution in [0.3, 0.4) is 0 Å². The van der Waals surface area contributed by atoms with Gasteiger partial charge in [0.05, 0.1) is 17.0 Å². The van der Waals surface area contributed by atoms with Crippen LogP contribution in [0.15, 0.2) is 22.7 Å². The number of urea groups is 1. The van der Waals surface area contributed by atoms with Crippen LogP contribution in [0.2, 0.25) is 0 Å². The van der Waals surface area contributed by atoms with E-state index < -0.39 is 21.8 Å². The fraction of sp³-hybridized carbons (Fsp3) is 0.333. The number of nitrogens with one attached hydrogen (secondary N) is 2. The Bertz CT molecular complexity index is 645. The molecule has 1 aromatic rings. The smallest absolute Gasteiger partial charge is 0.337 e. The number of rotatable bonds is 6. The lowest BCUT2D eigenvalue weighted by molar-refractivity contribution is 0.0698. The standard InChI is InChI=1S/C12H15BrN2O5S/c1-21(19,20)6-2-5-14-12(18)15-10-4-3-8(13)7-9(10)11(16)17/h3-4,7H,2,5-6H2,1H3,(H,16,17)(H2,14,15,18). The van der Waals surface area contributed by atoms with Gasteiger partial charge in [0.1, 0.15) is 9.84 Å². The Morgan fingerprint density at radius 3 is 2.57 bits per heavy atom. The molecule has 2 amide bonds. The summed E-state index contributed by atoms with van der Waals surface area (Å²) in [5.74, 6) is -1.19. The van der Waals surface area contributed by atoms with Crippen LogP contribution in [-0.4, -0.2) is 44.1 Å². The van der Waals surface area contributed by atoms with Gasteiger partial charge in [0, 0.05) is 17.3 Å². The molecule has 1 rings (SSSR count). The van der Waals surface area contributed by atoms with Crippen molar-refractivity contribution in [3.05, 3.63) is 28.2 Å². The van der Waals surface area contributed by atoms with Gasteiger partial charge in [-0.2, -0.15) is 0 Å². The second-order valence-corrected chi connectivity index (χ2v) is 7.53. The summed E-state index contributed by atoms with van der Waals surface area (Å²) in [7, 11) is -3.06. The van der Waals surface area contributed by atoms with Gasteiger partial charge in [0.25, 0.3) is 0 Å². The predicted molar refractivity (Wildman–Crippen MR) is 82.5 cm³/mol. The highest BCUT2D eigenvalue weighted by molar-refractivity contribution is 9.10. The van der Waals surface area contributed by atoms with E-state index in [9.17, 15) is 18.0 Å². The first-order valence-electron chi connectivity index (χ1n) is 5.94. The molecule has 0 unspecified atom stereocenters. The molecule has 1 aromatic carbocycles. The summed E-state index contributed by atoms with van der Waals surface area (Å²) in [5.41, 5.74) is 0.113. The Kier molecular flexibility index (Phi) is 6.16. The van der Waals surface area contributed by atoms with Gasteiger partial charge in [-0.3, -0.25) is 0 Å². The zero-order chi connectivity index (χ0) is 16.0. The minimum atomic E-state index is -3.06. The fourth-order valence-electron chi connectivity index (χ4n) is 1.51. The van der Waals surface area contributed by atoms with Crippen molar-refractivity contribution in [3.63, 3.8) is 0 Å². The SMILES string of the molecule is CS(=O)(=O)CCCNC(=O)Nc1ccc(Br)cc1C(=O)O. The Labute approximate surface area is 130 Å². The normalized spacial score (nSPS) is 11.0. The molecule has 0 bridgehead atoms. The molecule has 0 radical (unpaired) electrons. The molecule has 0 aromatic heterocycles. The van der Waals surface area contributed by atoms with Crippen molar-refractivity contribution in [2.24, 2.45) is 0 Å². The van der Waals surface area contributed by atoms with Gasteiger partial charge in [-0.15, -0.1) is 0 Å². The average Bonchev–Trinajstić information content (AvgIpc) is 2.35. The van der Waals surface area contributed by atoms with Crippen molar-refractivity contribution in [2.45, 2.75) is 6.42 Å². The van der Waals surface area contributed by atoms with E-state index in [0.29, 0.717) is 10.9 Å². The first-order chi connectivity index (χ1) is 9.69. The van der Waals surface area contributed by atoms with Gasteiger partial charge in [-0.1, -0.05) is 15.9 Å². The van der Waals surface area contributed by atoms with E-state index in [-0.39, 0.29) is 23.5 Å². The third-order valence-electron chi connectivity index (χ3n) is 2.44. The molecule has 0 aliphatic carbocycles.